The van der Waals surface area contributed by atoms with E-state index < -0.39 is 0 Å². The molecule has 0 aromatic carbocycles. The molecule has 0 unspecified atom stereocenters. The van der Waals surface area contributed by atoms with Crippen LogP contribution in [0.3, 0.4) is 0 Å². The van der Waals surface area contributed by atoms with Crippen LogP contribution in [0.2, 0.25) is 0 Å². The second kappa shape index (κ2) is 6.83. The first-order chi connectivity index (χ1) is 10.1. The Labute approximate surface area is 132 Å². The van der Waals surface area contributed by atoms with E-state index in [0.29, 0.717) is 11.5 Å². The lowest BCUT2D eigenvalue weighted by molar-refractivity contribution is -0.115. The SMILES string of the molecule is COc1cc(N(C(=O)CCl)C(=C(C)C)c2ccco2)cs1. The molecule has 0 atom stereocenters. The summed E-state index contributed by atoms with van der Waals surface area (Å²) in [6, 6.07) is 5.41. The number of carbonyl (C=O) groups excluding carboxylic acids is 1. The van der Waals surface area contributed by atoms with Crippen molar-refractivity contribution < 1.29 is 13.9 Å². The van der Waals surface area contributed by atoms with Gasteiger partial charge in [0.15, 0.2) is 10.8 Å². The van der Waals surface area contributed by atoms with Crippen LogP contribution in [0.4, 0.5) is 5.69 Å². The van der Waals surface area contributed by atoms with Crippen LogP contribution in [0, 0.1) is 0 Å². The number of ether oxygens (including phenoxy) is 1. The number of methoxy groups -OCH3 is 1. The predicted octanol–water partition coefficient (Wildman–Crippen LogP) is 4.37. The van der Waals surface area contributed by atoms with Gasteiger partial charge >= 0.3 is 0 Å². The monoisotopic (exact) mass is 325 g/mol. The van der Waals surface area contributed by atoms with Gasteiger partial charge in [0.2, 0.25) is 5.91 Å². The molecule has 0 radical (unpaired) electrons. The molecule has 0 N–H and O–H groups in total. The third-order valence-electron chi connectivity index (χ3n) is 2.84. The number of hydrogen-bond donors (Lipinski definition) is 0. The molecule has 0 bridgehead atoms. The van der Waals surface area contributed by atoms with Gasteiger partial charge < -0.3 is 9.15 Å². The Kier molecular flexibility index (Phi) is 5.09. The highest BCUT2D eigenvalue weighted by Crippen LogP contribution is 2.35. The highest BCUT2D eigenvalue weighted by Gasteiger charge is 2.24. The Morgan fingerprint density at radius 2 is 2.24 bits per heavy atom. The number of nitrogens with zero attached hydrogens (tertiary/aromatic N) is 1. The summed E-state index contributed by atoms with van der Waals surface area (Å²) >= 11 is 7.19. The highest BCUT2D eigenvalue weighted by atomic mass is 35.5. The summed E-state index contributed by atoms with van der Waals surface area (Å²) in [5.74, 6) is 0.290. The Morgan fingerprint density at radius 3 is 2.71 bits per heavy atom. The summed E-state index contributed by atoms with van der Waals surface area (Å²) in [7, 11) is 1.59. The summed E-state index contributed by atoms with van der Waals surface area (Å²) in [5.41, 5.74) is 2.37. The fourth-order valence-electron chi connectivity index (χ4n) is 1.98. The molecule has 4 nitrogen and oxygen atoms in total. The standard InChI is InChI=1S/C15H16ClNO3S/c1-10(2)15(12-5-4-6-20-12)17(13(18)8-16)11-7-14(19-3)21-9-11/h4-7,9H,8H2,1-3H3. The van der Waals surface area contributed by atoms with Crippen molar-refractivity contribution in [1.29, 1.82) is 0 Å². The van der Waals surface area contributed by atoms with Crippen LogP contribution >= 0.6 is 22.9 Å². The maximum atomic E-state index is 12.3. The van der Waals surface area contributed by atoms with E-state index in [1.54, 1.807) is 30.4 Å². The van der Waals surface area contributed by atoms with Crippen LogP contribution < -0.4 is 9.64 Å². The molecule has 0 saturated heterocycles. The first-order valence-corrected chi connectivity index (χ1v) is 7.72. The first kappa shape index (κ1) is 15.7. The first-order valence-electron chi connectivity index (χ1n) is 6.31. The zero-order valence-corrected chi connectivity index (χ0v) is 13.6. The largest absolute Gasteiger partial charge is 0.487 e. The van der Waals surface area contributed by atoms with Gasteiger partial charge in [0.05, 0.1) is 24.8 Å². The van der Waals surface area contributed by atoms with E-state index in [1.165, 1.54) is 11.3 Å². The van der Waals surface area contributed by atoms with Crippen LogP contribution in [-0.4, -0.2) is 18.9 Å². The molecule has 1 amide bonds. The van der Waals surface area contributed by atoms with E-state index in [4.69, 9.17) is 20.8 Å². The lowest BCUT2D eigenvalue weighted by Crippen LogP contribution is -2.30. The molecule has 0 aliphatic heterocycles. The van der Waals surface area contributed by atoms with E-state index in [1.807, 2.05) is 25.3 Å². The van der Waals surface area contributed by atoms with Gasteiger partial charge in [0.1, 0.15) is 5.88 Å². The van der Waals surface area contributed by atoms with Crippen molar-refractivity contribution in [3.05, 3.63) is 41.2 Å². The van der Waals surface area contributed by atoms with Crippen LogP contribution in [0.15, 0.2) is 39.8 Å². The van der Waals surface area contributed by atoms with Gasteiger partial charge in [-0.2, -0.15) is 0 Å². The molecule has 0 spiro atoms. The zero-order chi connectivity index (χ0) is 15.4. The van der Waals surface area contributed by atoms with Crippen molar-refractivity contribution >= 4 is 40.2 Å². The van der Waals surface area contributed by atoms with Gasteiger partial charge in [-0.1, -0.05) is 0 Å². The molecule has 2 aromatic rings. The van der Waals surface area contributed by atoms with Gasteiger partial charge in [-0.25, -0.2) is 0 Å². The van der Waals surface area contributed by atoms with E-state index in [-0.39, 0.29) is 11.8 Å². The maximum Gasteiger partial charge on any atom is 0.246 e. The molecule has 112 valence electrons. The second-order valence-corrected chi connectivity index (χ2v) is 5.66. The number of carbonyl (C=O) groups is 1. The summed E-state index contributed by atoms with van der Waals surface area (Å²) in [6.45, 7) is 3.85. The molecule has 2 heterocycles. The normalized spacial score (nSPS) is 10.3. The smallest absolute Gasteiger partial charge is 0.246 e. The van der Waals surface area contributed by atoms with Crippen LogP contribution in [0.1, 0.15) is 19.6 Å². The number of thiophene rings is 1. The molecule has 21 heavy (non-hydrogen) atoms. The minimum Gasteiger partial charge on any atom is -0.487 e. The lowest BCUT2D eigenvalue weighted by atomic mass is 10.1. The van der Waals surface area contributed by atoms with Crippen LogP contribution in [0.5, 0.6) is 5.06 Å². The van der Waals surface area contributed by atoms with Gasteiger partial charge in [-0.15, -0.1) is 22.9 Å². The van der Waals surface area contributed by atoms with Crippen molar-refractivity contribution in [1.82, 2.24) is 0 Å². The Hall–Kier alpha value is -1.72. The maximum absolute atomic E-state index is 12.3. The number of alkyl halides is 1. The summed E-state index contributed by atoms with van der Waals surface area (Å²) in [6.07, 6.45) is 1.58. The zero-order valence-electron chi connectivity index (χ0n) is 12.1. The summed E-state index contributed by atoms with van der Waals surface area (Å²) in [4.78, 5) is 13.9. The second-order valence-electron chi connectivity index (χ2n) is 4.52. The van der Waals surface area contributed by atoms with Crippen LogP contribution in [0.25, 0.3) is 5.70 Å². The van der Waals surface area contributed by atoms with E-state index in [0.717, 1.165) is 16.3 Å². The number of halogens is 1. The minimum absolute atomic E-state index is 0.115. The molecule has 2 aromatic heterocycles. The summed E-state index contributed by atoms with van der Waals surface area (Å²) < 4.78 is 10.7. The van der Waals surface area contributed by atoms with E-state index in [9.17, 15) is 4.79 Å². The summed E-state index contributed by atoms with van der Waals surface area (Å²) in [5, 5.41) is 2.58. The van der Waals surface area contributed by atoms with E-state index in [2.05, 4.69) is 0 Å². The molecule has 0 aliphatic carbocycles. The Morgan fingerprint density at radius 1 is 1.48 bits per heavy atom. The van der Waals surface area contributed by atoms with Crippen LogP contribution in [-0.2, 0) is 4.79 Å². The Balaban J connectivity index is 2.53. The van der Waals surface area contributed by atoms with E-state index >= 15 is 0 Å². The topological polar surface area (TPSA) is 42.7 Å². The molecule has 0 fully saturated rings. The molecule has 0 aliphatic rings. The van der Waals surface area contributed by atoms with Crippen molar-refractivity contribution in [3.63, 3.8) is 0 Å². The number of rotatable bonds is 5. The van der Waals surface area contributed by atoms with Gasteiger partial charge in [-0.3, -0.25) is 9.69 Å². The van der Waals surface area contributed by atoms with Crippen molar-refractivity contribution in [2.75, 3.05) is 17.9 Å². The predicted molar refractivity (Wildman–Crippen MR) is 86.1 cm³/mol. The highest BCUT2D eigenvalue weighted by molar-refractivity contribution is 7.12. The molecule has 6 heteroatoms. The third-order valence-corrected chi connectivity index (χ3v) is 3.94. The number of hydrogen-bond acceptors (Lipinski definition) is 4. The number of anilines is 1. The average Bonchev–Trinajstić information content (AvgIpc) is 3.14. The quantitative estimate of drug-likeness (QED) is 0.766. The van der Waals surface area contributed by atoms with Crippen molar-refractivity contribution in [3.8, 4) is 5.06 Å². The van der Waals surface area contributed by atoms with Crippen molar-refractivity contribution in [2.24, 2.45) is 0 Å². The third kappa shape index (κ3) is 3.31. The number of allylic oxidation sites excluding steroid dienone is 1. The number of furan rings is 1. The molecular formula is C15H16ClNO3S. The van der Waals surface area contributed by atoms with Gasteiger partial charge in [-0.05, 0) is 31.6 Å². The van der Waals surface area contributed by atoms with Crippen molar-refractivity contribution in [2.45, 2.75) is 13.8 Å². The van der Waals surface area contributed by atoms with Gasteiger partial charge in [0.25, 0.3) is 0 Å². The van der Waals surface area contributed by atoms with Gasteiger partial charge in [0, 0.05) is 11.4 Å². The molecular weight excluding hydrogens is 310 g/mol. The Bertz CT molecular complexity index is 642. The molecule has 2 rings (SSSR count). The molecule has 0 saturated carbocycles. The fourth-order valence-corrected chi connectivity index (χ4v) is 2.80. The minimum atomic E-state index is -0.218. The fraction of sp³-hybridized carbons (Fsp3) is 0.267. The average molecular weight is 326 g/mol. The lowest BCUT2D eigenvalue weighted by Gasteiger charge is -2.23. The number of amides is 1.